The van der Waals surface area contributed by atoms with Gasteiger partial charge in [0.1, 0.15) is 12.8 Å². The Bertz CT molecular complexity index is 484. The molecular formula is C14H19NO5S. The molecule has 21 heavy (non-hydrogen) atoms. The first kappa shape index (κ1) is 15.9. The number of hydrogen-bond donors (Lipinski definition) is 2. The number of aliphatic carboxylic acids is 1. The van der Waals surface area contributed by atoms with Crippen molar-refractivity contribution in [3.05, 3.63) is 24.3 Å². The zero-order valence-electron chi connectivity index (χ0n) is 11.8. The Hall–Kier alpha value is -1.44. The van der Waals surface area contributed by atoms with Crippen molar-refractivity contribution >= 4 is 17.7 Å². The highest BCUT2D eigenvalue weighted by atomic mass is 32.2. The van der Waals surface area contributed by atoms with E-state index >= 15 is 0 Å². The van der Waals surface area contributed by atoms with Gasteiger partial charge in [-0.05, 0) is 12.1 Å². The molecule has 7 heteroatoms. The van der Waals surface area contributed by atoms with Gasteiger partial charge in [-0.1, -0.05) is 12.1 Å². The van der Waals surface area contributed by atoms with Crippen LogP contribution in [0.3, 0.4) is 0 Å². The second-order valence-electron chi connectivity index (χ2n) is 4.60. The summed E-state index contributed by atoms with van der Waals surface area (Å²) in [5.74, 6) is 1.12. The van der Waals surface area contributed by atoms with Crippen molar-refractivity contribution in [3.8, 4) is 11.5 Å². The van der Waals surface area contributed by atoms with E-state index in [1.54, 1.807) is 23.8 Å². The first-order valence-electron chi connectivity index (χ1n) is 6.65. The minimum atomic E-state index is -1.01. The number of nitrogens with zero attached hydrogens (tertiary/aromatic N) is 1. The van der Waals surface area contributed by atoms with Gasteiger partial charge in [0.15, 0.2) is 11.5 Å². The van der Waals surface area contributed by atoms with Crippen LogP contribution in [0.15, 0.2) is 24.3 Å². The van der Waals surface area contributed by atoms with Crippen LogP contribution in [-0.4, -0.2) is 58.7 Å². The van der Waals surface area contributed by atoms with Crippen LogP contribution in [0.1, 0.15) is 6.42 Å². The first-order chi connectivity index (χ1) is 10.1. The van der Waals surface area contributed by atoms with Crippen LogP contribution in [0, 0.1) is 0 Å². The summed E-state index contributed by atoms with van der Waals surface area (Å²) < 4.78 is 11.0. The van der Waals surface area contributed by atoms with Gasteiger partial charge in [-0.2, -0.15) is 0 Å². The fraction of sp³-hybridized carbons (Fsp3) is 0.500. The molecule has 0 aliphatic carbocycles. The minimum Gasteiger partial charge on any atom is -0.493 e. The fourth-order valence-electron chi connectivity index (χ4n) is 2.19. The van der Waals surface area contributed by atoms with E-state index in [1.807, 2.05) is 24.3 Å². The van der Waals surface area contributed by atoms with Crippen molar-refractivity contribution in [1.29, 1.82) is 0 Å². The molecule has 2 atom stereocenters. The van der Waals surface area contributed by atoms with Gasteiger partial charge in [0, 0.05) is 12.3 Å². The molecule has 6 nitrogen and oxygen atoms in total. The summed E-state index contributed by atoms with van der Waals surface area (Å²) in [4.78, 5) is 12.5. The molecule has 2 N–H and O–H groups in total. The maximum Gasteiger partial charge on any atom is 0.307 e. The lowest BCUT2D eigenvalue weighted by Crippen LogP contribution is -2.42. The number of ether oxygens (including phenoxy) is 2. The molecule has 0 amide bonds. The van der Waals surface area contributed by atoms with Crippen molar-refractivity contribution < 1.29 is 24.5 Å². The van der Waals surface area contributed by atoms with Gasteiger partial charge < -0.3 is 19.7 Å². The highest BCUT2D eigenvalue weighted by Gasteiger charge is 2.32. The molecule has 1 unspecified atom stereocenters. The molecule has 1 heterocycles. The zero-order chi connectivity index (χ0) is 15.2. The Balaban J connectivity index is 1.94. The van der Waals surface area contributed by atoms with Crippen molar-refractivity contribution in [2.75, 3.05) is 26.0 Å². The van der Waals surface area contributed by atoms with Gasteiger partial charge in [0.25, 0.3) is 0 Å². The van der Waals surface area contributed by atoms with Crippen molar-refractivity contribution in [2.45, 2.75) is 18.0 Å². The Morgan fingerprint density at radius 2 is 2.19 bits per heavy atom. The molecule has 1 aromatic rings. The number of rotatable bonds is 7. The number of thioether (sulfide) groups is 1. The minimum absolute atomic E-state index is 0.0655. The lowest BCUT2D eigenvalue weighted by Gasteiger charge is -2.27. The number of aliphatic hydroxyl groups excluding tert-OH is 1. The van der Waals surface area contributed by atoms with E-state index in [0.29, 0.717) is 24.7 Å². The van der Waals surface area contributed by atoms with Crippen LogP contribution >= 0.6 is 11.8 Å². The second kappa shape index (κ2) is 7.53. The molecular weight excluding hydrogens is 294 g/mol. The van der Waals surface area contributed by atoms with Crippen LogP contribution in [0.25, 0.3) is 0 Å². The van der Waals surface area contributed by atoms with E-state index in [-0.39, 0.29) is 11.8 Å². The van der Waals surface area contributed by atoms with E-state index in [4.69, 9.17) is 14.6 Å². The number of benzene rings is 1. The van der Waals surface area contributed by atoms with E-state index in [0.717, 1.165) is 5.75 Å². The molecule has 1 aromatic carbocycles. The fourth-order valence-corrected chi connectivity index (χ4v) is 3.38. The highest BCUT2D eigenvalue weighted by Crippen LogP contribution is 2.30. The van der Waals surface area contributed by atoms with E-state index < -0.39 is 12.2 Å². The lowest BCUT2D eigenvalue weighted by molar-refractivity contribution is -0.142. The van der Waals surface area contributed by atoms with Gasteiger partial charge in [0.05, 0.1) is 18.9 Å². The van der Waals surface area contributed by atoms with E-state index in [9.17, 15) is 9.90 Å². The Kier molecular flexibility index (Phi) is 5.72. The third kappa shape index (κ3) is 4.26. The summed E-state index contributed by atoms with van der Waals surface area (Å²) in [6.45, 7) is 1.01. The number of carbonyl (C=O) groups is 1. The average molecular weight is 313 g/mol. The second-order valence-corrected chi connectivity index (χ2v) is 5.89. The number of carboxylic acids is 1. The largest absolute Gasteiger partial charge is 0.493 e. The molecule has 0 spiro atoms. The summed E-state index contributed by atoms with van der Waals surface area (Å²) in [5, 5.41) is 18.6. The van der Waals surface area contributed by atoms with Crippen LogP contribution < -0.4 is 9.47 Å². The normalized spacial score (nSPS) is 20.2. The molecule has 0 bridgehead atoms. The van der Waals surface area contributed by atoms with Crippen LogP contribution in [0.5, 0.6) is 11.5 Å². The molecule has 1 aliphatic rings. The number of hydrogen-bond acceptors (Lipinski definition) is 6. The number of carboxylic acid groups (broad SMARTS) is 1. The van der Waals surface area contributed by atoms with Gasteiger partial charge >= 0.3 is 5.97 Å². The zero-order valence-corrected chi connectivity index (χ0v) is 12.6. The Labute approximate surface area is 127 Å². The quantitative estimate of drug-likeness (QED) is 0.784. The summed E-state index contributed by atoms with van der Waals surface area (Å²) in [7, 11) is 1.58. The van der Waals surface area contributed by atoms with Gasteiger partial charge in [-0.3, -0.25) is 9.69 Å². The topological polar surface area (TPSA) is 79.2 Å². The summed E-state index contributed by atoms with van der Waals surface area (Å²) in [6.07, 6.45) is -1.27. The molecule has 0 saturated carbocycles. The van der Waals surface area contributed by atoms with Gasteiger partial charge in [0.2, 0.25) is 0 Å². The lowest BCUT2D eigenvalue weighted by atomic mass is 10.3. The van der Waals surface area contributed by atoms with Crippen molar-refractivity contribution in [1.82, 2.24) is 4.90 Å². The number of aliphatic hydroxyl groups is 1. The number of para-hydroxylation sites is 2. The SMILES string of the molecule is COc1ccccc1OCC1SCCN1[C@@H](O)CC(=O)O. The standard InChI is InChI=1S/C14H19NO5S/c1-19-10-4-2-3-5-11(10)20-9-13-15(6-7-21-13)12(16)8-14(17)18/h2-5,12-13,16H,6-9H2,1H3,(H,17,18)/t12-,13?/m0/s1. The van der Waals surface area contributed by atoms with Crippen molar-refractivity contribution in [2.24, 2.45) is 0 Å². The predicted octanol–water partition coefficient (Wildman–Crippen LogP) is 1.24. The third-order valence-electron chi connectivity index (χ3n) is 3.22. The predicted molar refractivity (Wildman–Crippen MR) is 79.7 cm³/mol. The molecule has 0 radical (unpaired) electrons. The van der Waals surface area contributed by atoms with E-state index in [1.165, 1.54) is 0 Å². The number of methoxy groups -OCH3 is 1. The van der Waals surface area contributed by atoms with Gasteiger partial charge in [-0.15, -0.1) is 11.8 Å². The molecule has 1 fully saturated rings. The molecule has 116 valence electrons. The van der Waals surface area contributed by atoms with Crippen LogP contribution in [0.2, 0.25) is 0 Å². The Morgan fingerprint density at radius 1 is 1.48 bits per heavy atom. The smallest absolute Gasteiger partial charge is 0.307 e. The summed E-state index contributed by atoms with van der Waals surface area (Å²) in [5.41, 5.74) is 0. The molecule has 1 aliphatic heterocycles. The maximum absolute atomic E-state index is 10.7. The highest BCUT2D eigenvalue weighted by molar-refractivity contribution is 8.00. The average Bonchev–Trinajstić information content (AvgIpc) is 2.93. The maximum atomic E-state index is 10.7. The van der Waals surface area contributed by atoms with E-state index in [2.05, 4.69) is 0 Å². The van der Waals surface area contributed by atoms with Crippen LogP contribution in [-0.2, 0) is 4.79 Å². The van der Waals surface area contributed by atoms with Crippen LogP contribution in [0.4, 0.5) is 0 Å². The molecule has 0 aromatic heterocycles. The van der Waals surface area contributed by atoms with Crippen molar-refractivity contribution in [3.63, 3.8) is 0 Å². The first-order valence-corrected chi connectivity index (χ1v) is 7.69. The molecule has 1 saturated heterocycles. The Morgan fingerprint density at radius 3 is 2.86 bits per heavy atom. The van der Waals surface area contributed by atoms with Gasteiger partial charge in [-0.25, -0.2) is 0 Å². The summed E-state index contributed by atoms with van der Waals surface area (Å²) >= 11 is 1.65. The monoisotopic (exact) mass is 313 g/mol. The summed E-state index contributed by atoms with van der Waals surface area (Å²) in [6, 6.07) is 7.35. The third-order valence-corrected chi connectivity index (χ3v) is 4.43. The molecule has 2 rings (SSSR count).